The Hall–Kier alpha value is -7.38. The van der Waals surface area contributed by atoms with Gasteiger partial charge in [-0.15, -0.1) is 5.73 Å². The highest BCUT2D eigenvalue weighted by molar-refractivity contribution is 6.06. The van der Waals surface area contributed by atoms with Crippen LogP contribution >= 0.6 is 0 Å². The van der Waals surface area contributed by atoms with Crippen LogP contribution in [0.2, 0.25) is 0 Å². The third-order valence-electron chi connectivity index (χ3n) is 11.0. The second-order valence-electron chi connectivity index (χ2n) is 14.2. The van der Waals surface area contributed by atoms with Crippen molar-refractivity contribution in [3.63, 3.8) is 0 Å². The summed E-state index contributed by atoms with van der Waals surface area (Å²) >= 11 is 0. The maximum absolute atomic E-state index is 5.53. The van der Waals surface area contributed by atoms with Crippen molar-refractivity contribution >= 4 is 16.7 Å². The largest absolute Gasteiger partial charge is 0.228 e. The van der Waals surface area contributed by atoms with Crippen molar-refractivity contribution in [1.82, 2.24) is 9.97 Å². The zero-order valence-electron chi connectivity index (χ0n) is 30.7. The monoisotopic (exact) mass is 712 g/mol. The smallest absolute Gasteiger partial charge is 0.161 e. The van der Waals surface area contributed by atoms with Crippen molar-refractivity contribution in [2.24, 2.45) is 0 Å². The van der Waals surface area contributed by atoms with Crippen LogP contribution < -0.4 is 0 Å². The zero-order chi connectivity index (χ0) is 37.3. The van der Waals surface area contributed by atoms with Gasteiger partial charge in [0.2, 0.25) is 0 Å². The lowest BCUT2D eigenvalue weighted by Gasteiger charge is -2.33. The van der Waals surface area contributed by atoms with E-state index in [9.17, 15) is 0 Å². The van der Waals surface area contributed by atoms with Crippen LogP contribution in [-0.2, 0) is 5.41 Å². The molecule has 2 aliphatic carbocycles. The molecule has 2 nitrogen and oxygen atoms in total. The Morgan fingerprint density at radius 2 is 0.929 bits per heavy atom. The minimum Gasteiger partial charge on any atom is -0.228 e. The molecule has 0 N–H and O–H groups in total. The predicted octanol–water partition coefficient (Wildman–Crippen LogP) is 12.9. The SMILES string of the molecule is C1=CC(c2ccccc2)=CC=C(c2nc(-c3ccccc3)cc(-c3cccc4c3-c3ccccc3C4(c3ccccc3)c3ccccc3)n2)C=1c1ccccc1. The minimum absolute atomic E-state index is 0.515. The van der Waals surface area contributed by atoms with Gasteiger partial charge in [-0.05, 0) is 68.3 Å². The molecule has 0 unspecified atom stereocenters. The number of aromatic nitrogens is 2. The van der Waals surface area contributed by atoms with E-state index in [1.807, 2.05) is 18.2 Å². The number of rotatable bonds is 7. The molecule has 0 saturated carbocycles. The summed E-state index contributed by atoms with van der Waals surface area (Å²) in [5.41, 5.74) is 19.5. The van der Waals surface area contributed by atoms with E-state index < -0.39 is 5.41 Å². The normalized spacial score (nSPS) is 13.8. The van der Waals surface area contributed by atoms with E-state index >= 15 is 0 Å². The number of hydrogen-bond acceptors (Lipinski definition) is 2. The molecule has 10 rings (SSSR count). The maximum Gasteiger partial charge on any atom is 0.161 e. The van der Waals surface area contributed by atoms with Crippen LogP contribution in [0, 0.1) is 0 Å². The molecule has 56 heavy (non-hydrogen) atoms. The fourth-order valence-corrected chi connectivity index (χ4v) is 8.54. The molecular weight excluding hydrogens is 677 g/mol. The summed E-state index contributed by atoms with van der Waals surface area (Å²) in [4.78, 5) is 10.9. The summed E-state index contributed by atoms with van der Waals surface area (Å²) in [6, 6.07) is 71.0. The van der Waals surface area contributed by atoms with E-state index in [2.05, 4.69) is 206 Å². The van der Waals surface area contributed by atoms with E-state index in [0.29, 0.717) is 5.82 Å². The Bertz CT molecular complexity index is 2810. The van der Waals surface area contributed by atoms with Crippen molar-refractivity contribution in [3.8, 4) is 33.6 Å². The molecule has 0 aliphatic heterocycles. The number of allylic oxidation sites excluding steroid dienone is 5. The fraction of sp³-hybridized carbons (Fsp3) is 0.0185. The third kappa shape index (κ3) is 5.60. The molecular formula is C54H36N2. The standard InChI is InChI=1S/C54H36N2/c1-6-19-38(20-7-1)39-33-35-44(40-21-8-2-9-22-40)45(36-34-39)53-55-50(41-23-10-3-11-24-41)37-51(56-53)47-30-18-32-49-52(47)46-29-16-17-31-48(46)54(49,42-25-12-4-13-26-42)43-27-14-5-15-28-43/h1-34,36-37H. The third-order valence-corrected chi connectivity index (χ3v) is 11.0. The minimum atomic E-state index is -0.515. The molecule has 0 fully saturated rings. The quantitative estimate of drug-likeness (QED) is 0.154. The van der Waals surface area contributed by atoms with Gasteiger partial charge in [0.1, 0.15) is 0 Å². The Morgan fingerprint density at radius 3 is 1.59 bits per heavy atom. The summed E-state index contributed by atoms with van der Waals surface area (Å²) in [5.74, 6) is 0.646. The molecule has 1 heterocycles. The van der Waals surface area contributed by atoms with Crippen LogP contribution in [0.25, 0.3) is 50.4 Å². The van der Waals surface area contributed by atoms with Crippen molar-refractivity contribution in [1.29, 1.82) is 0 Å². The number of nitrogens with zero attached hydrogens (tertiary/aromatic N) is 2. The topological polar surface area (TPSA) is 25.8 Å². The first-order valence-electron chi connectivity index (χ1n) is 19.1. The molecule has 7 aromatic carbocycles. The van der Waals surface area contributed by atoms with Gasteiger partial charge in [-0.2, -0.15) is 0 Å². The number of fused-ring (bicyclic) bond motifs is 3. The highest BCUT2D eigenvalue weighted by Gasteiger charge is 2.46. The van der Waals surface area contributed by atoms with Gasteiger partial charge in [0.25, 0.3) is 0 Å². The van der Waals surface area contributed by atoms with Crippen LogP contribution in [0.15, 0.2) is 224 Å². The van der Waals surface area contributed by atoms with Crippen LogP contribution in [0.3, 0.4) is 0 Å². The molecule has 0 saturated heterocycles. The number of benzene rings is 7. The first-order chi connectivity index (χ1) is 27.8. The lowest BCUT2D eigenvalue weighted by atomic mass is 9.67. The summed E-state index contributed by atoms with van der Waals surface area (Å²) in [5, 5.41) is 0. The molecule has 8 aromatic rings. The van der Waals surface area contributed by atoms with Crippen molar-refractivity contribution in [2.75, 3.05) is 0 Å². The molecule has 1 aromatic heterocycles. The van der Waals surface area contributed by atoms with Crippen molar-refractivity contribution in [3.05, 3.63) is 263 Å². The van der Waals surface area contributed by atoms with Crippen LogP contribution in [-0.4, -0.2) is 9.97 Å². The first kappa shape index (κ1) is 33.2. The van der Waals surface area contributed by atoms with Crippen molar-refractivity contribution < 1.29 is 0 Å². The van der Waals surface area contributed by atoms with Crippen molar-refractivity contribution in [2.45, 2.75) is 5.41 Å². The second kappa shape index (κ2) is 14.1. The Labute approximate surface area is 327 Å². The van der Waals surface area contributed by atoms with E-state index in [1.54, 1.807) is 0 Å². The summed E-state index contributed by atoms with van der Waals surface area (Å²) in [6.45, 7) is 0. The van der Waals surface area contributed by atoms with E-state index in [1.165, 1.54) is 33.4 Å². The van der Waals surface area contributed by atoms with Gasteiger partial charge in [0.15, 0.2) is 5.82 Å². The molecule has 0 atom stereocenters. The average Bonchev–Trinajstić information content (AvgIpc) is 3.41. The molecule has 0 radical (unpaired) electrons. The van der Waals surface area contributed by atoms with Gasteiger partial charge in [-0.3, -0.25) is 0 Å². The van der Waals surface area contributed by atoms with Gasteiger partial charge in [0, 0.05) is 22.3 Å². The Balaban J connectivity index is 1.25. The molecule has 2 aliphatic rings. The highest BCUT2D eigenvalue weighted by Crippen LogP contribution is 2.58. The zero-order valence-corrected chi connectivity index (χ0v) is 30.7. The Morgan fingerprint density at radius 1 is 0.411 bits per heavy atom. The van der Waals surface area contributed by atoms with Crippen LogP contribution in [0.1, 0.15) is 39.2 Å². The maximum atomic E-state index is 5.53. The average molecular weight is 713 g/mol. The Kier molecular flexibility index (Phi) is 8.37. The van der Waals surface area contributed by atoms with Crippen LogP contribution in [0.5, 0.6) is 0 Å². The van der Waals surface area contributed by atoms with Gasteiger partial charge in [-0.1, -0.05) is 200 Å². The second-order valence-corrected chi connectivity index (χ2v) is 14.2. The summed E-state index contributed by atoms with van der Waals surface area (Å²) < 4.78 is 0. The van der Waals surface area contributed by atoms with Gasteiger partial charge < -0.3 is 0 Å². The summed E-state index contributed by atoms with van der Waals surface area (Å²) in [6.07, 6.45) is 6.41. The first-order valence-corrected chi connectivity index (χ1v) is 19.1. The fourth-order valence-electron chi connectivity index (χ4n) is 8.54. The van der Waals surface area contributed by atoms with E-state index in [4.69, 9.17) is 9.97 Å². The van der Waals surface area contributed by atoms with Gasteiger partial charge >= 0.3 is 0 Å². The van der Waals surface area contributed by atoms with Gasteiger partial charge in [-0.25, -0.2) is 9.97 Å². The van der Waals surface area contributed by atoms with Crippen LogP contribution in [0.4, 0.5) is 0 Å². The highest BCUT2D eigenvalue weighted by atomic mass is 14.9. The predicted molar refractivity (Wildman–Crippen MR) is 231 cm³/mol. The number of hydrogen-bond donors (Lipinski definition) is 0. The molecule has 262 valence electrons. The lowest BCUT2D eigenvalue weighted by Crippen LogP contribution is -2.28. The van der Waals surface area contributed by atoms with E-state index in [0.717, 1.165) is 50.4 Å². The molecule has 0 bridgehead atoms. The molecule has 0 amide bonds. The van der Waals surface area contributed by atoms with E-state index in [-0.39, 0.29) is 0 Å². The summed E-state index contributed by atoms with van der Waals surface area (Å²) in [7, 11) is 0. The molecule has 2 heteroatoms. The van der Waals surface area contributed by atoms with Gasteiger partial charge in [0.05, 0.1) is 16.8 Å². The molecule has 0 spiro atoms. The lowest BCUT2D eigenvalue weighted by molar-refractivity contribution is 0.768.